The van der Waals surface area contributed by atoms with Crippen molar-refractivity contribution < 1.29 is 61.2 Å². The molecule has 77 heavy (non-hydrogen) atoms. The van der Waals surface area contributed by atoms with Crippen molar-refractivity contribution in [1.82, 2.24) is 25.6 Å². The SMILES string of the molecule is C#CC[N+](C)(C)CB(F)F.CC[N+](C)(C)Cc1cn(CCCC[C@H](NC(=O)OCC2c3ccccc3-c3ccccc32)C(=O)O)nn1.[F-].[N-]=[N+]=NCCCC[C@H](NC(=O)OCC1c2ccccc2-c2ccccc21)C(=O)O. The lowest BCUT2D eigenvalue weighted by Gasteiger charge is -2.26. The van der Waals surface area contributed by atoms with Crippen molar-refractivity contribution in [3.63, 3.8) is 0 Å². The molecule has 0 saturated carbocycles. The van der Waals surface area contributed by atoms with Gasteiger partial charge in [-0.25, -0.2) is 19.2 Å². The van der Waals surface area contributed by atoms with E-state index in [-0.39, 0.29) is 47.1 Å². The highest BCUT2D eigenvalue weighted by Crippen LogP contribution is 2.45. The van der Waals surface area contributed by atoms with Gasteiger partial charge in [-0.15, -0.1) is 11.5 Å². The van der Waals surface area contributed by atoms with Gasteiger partial charge >= 0.3 is 31.4 Å². The normalized spacial score (nSPS) is 12.8. The van der Waals surface area contributed by atoms with Gasteiger partial charge in [-0.05, 0) is 95.0 Å². The van der Waals surface area contributed by atoms with Gasteiger partial charge in [0.15, 0.2) is 0 Å². The van der Waals surface area contributed by atoms with Gasteiger partial charge < -0.3 is 44.0 Å². The number of fused-ring (bicyclic) bond motifs is 6. The third-order valence-electron chi connectivity index (χ3n) is 13.2. The molecule has 0 bridgehead atoms. The summed E-state index contributed by atoms with van der Waals surface area (Å²) in [5.74, 6) is -0.000204. The number of aliphatic carboxylic acids is 2. The van der Waals surface area contributed by atoms with E-state index in [1.165, 1.54) is 0 Å². The van der Waals surface area contributed by atoms with E-state index >= 15 is 0 Å². The van der Waals surface area contributed by atoms with Crippen molar-refractivity contribution in [2.45, 2.75) is 82.5 Å². The second kappa shape index (κ2) is 30.0. The molecule has 5 aromatic rings. The molecule has 2 amide bonds. The average molecular weight is 1070 g/mol. The van der Waals surface area contributed by atoms with E-state index in [1.54, 1.807) is 18.8 Å². The Morgan fingerprint density at radius 2 is 1.18 bits per heavy atom. The minimum Gasteiger partial charge on any atom is -1.00 e. The summed E-state index contributed by atoms with van der Waals surface area (Å²) in [4.78, 5) is 50.5. The van der Waals surface area contributed by atoms with Gasteiger partial charge in [0.25, 0.3) is 0 Å². The van der Waals surface area contributed by atoms with Crippen molar-refractivity contribution in [3.8, 4) is 34.6 Å². The zero-order chi connectivity index (χ0) is 55.3. The zero-order valence-electron chi connectivity index (χ0n) is 44.2. The number of ether oxygens (including phenoxy) is 2. The largest absolute Gasteiger partial charge is 1.00 e. The van der Waals surface area contributed by atoms with E-state index < -0.39 is 43.5 Å². The second-order valence-electron chi connectivity index (χ2n) is 19.9. The highest BCUT2D eigenvalue weighted by atomic mass is 19.2. The number of carboxylic acid groups (broad SMARTS) is 2. The molecule has 4 N–H and O–H groups in total. The molecule has 0 fully saturated rings. The van der Waals surface area contributed by atoms with E-state index in [0.29, 0.717) is 45.3 Å². The van der Waals surface area contributed by atoms with Gasteiger partial charge in [0.2, 0.25) is 0 Å². The summed E-state index contributed by atoms with van der Waals surface area (Å²) in [6, 6.07) is 30.1. The maximum absolute atomic E-state index is 12.5. The standard InChI is InChI=1S/C28H35N5O4.C21H22N4O4.C6H11BF2N.FH/c1-4-33(2,3)18-20-17-32(31-30-20)16-10-9-15-26(27(34)35)29-28(36)37-19-25-23-13-7-5-11-21(23)22-12-6-8-14-24(22)25;22-25-23-12-6-5-11-19(20(26)27)24-21(28)29-13-18-16-9-3-1-7-14(16)15-8-2-4-10-17(15)18;1-4-5-10(2,3)6-7(8)9;/h5-8,11-14,17,25-26H,4,9-10,15-16,18-19H2,1-3H3,(H-,29,34,35,36);1-4,7-10,18-19H,5-6,11-13H2,(H,24,28)(H,26,27);1H,5-6H2,2-3H3;1H/q;;+1;/t26-;19-;;/m00../s1. The number of halogens is 3. The molecule has 0 saturated heterocycles. The number of aromatic nitrogens is 3. The van der Waals surface area contributed by atoms with Crippen LogP contribution in [0.5, 0.6) is 0 Å². The molecular formula is C55H69BF3N10O8+. The fourth-order valence-electron chi connectivity index (χ4n) is 9.03. The van der Waals surface area contributed by atoms with E-state index in [9.17, 15) is 38.0 Å². The number of unbranched alkanes of at least 4 members (excludes halogenated alkanes) is 2. The highest BCUT2D eigenvalue weighted by molar-refractivity contribution is 6.42. The number of amides is 2. The lowest BCUT2D eigenvalue weighted by Crippen LogP contribution is -3.00. The number of carbonyl (C=O) groups is 4. The van der Waals surface area contributed by atoms with Crippen molar-refractivity contribution in [3.05, 3.63) is 142 Å². The lowest BCUT2D eigenvalue weighted by atomic mass is 9.97. The molecule has 7 rings (SSSR count). The number of quaternary nitrogens is 2. The van der Waals surface area contributed by atoms with Crippen LogP contribution >= 0.6 is 0 Å². The van der Waals surface area contributed by atoms with Gasteiger partial charge in [0, 0.05) is 29.8 Å². The number of carboxylic acids is 2. The molecule has 0 radical (unpaired) electrons. The van der Waals surface area contributed by atoms with Crippen LogP contribution in [0.1, 0.15) is 85.2 Å². The van der Waals surface area contributed by atoms with Gasteiger partial charge in [0.05, 0.1) is 40.9 Å². The number of hydrogen-bond acceptors (Lipinski definition) is 9. The molecule has 4 aromatic carbocycles. The second-order valence-corrected chi connectivity index (χ2v) is 19.9. The number of nitrogens with one attached hydrogen (secondary N) is 2. The predicted molar refractivity (Wildman–Crippen MR) is 286 cm³/mol. The number of hydrogen-bond donors (Lipinski definition) is 4. The highest BCUT2D eigenvalue weighted by Gasteiger charge is 2.32. The predicted octanol–water partition coefficient (Wildman–Crippen LogP) is 6.16. The molecular weight excluding hydrogens is 996 g/mol. The van der Waals surface area contributed by atoms with Gasteiger partial charge in [-0.1, -0.05) is 114 Å². The first kappa shape index (κ1) is 61.7. The molecule has 22 heteroatoms. The van der Waals surface area contributed by atoms with Crippen molar-refractivity contribution in [2.75, 3.05) is 67.5 Å². The maximum Gasteiger partial charge on any atom is 0.592 e. The Kier molecular flexibility index (Phi) is 24.1. The maximum atomic E-state index is 12.5. The Morgan fingerprint density at radius 3 is 1.57 bits per heavy atom. The van der Waals surface area contributed by atoms with E-state index in [2.05, 4.69) is 70.0 Å². The van der Waals surface area contributed by atoms with Crippen LogP contribution in [0.4, 0.5) is 18.2 Å². The smallest absolute Gasteiger partial charge is 0.592 e. The molecule has 2 atom stereocenters. The summed E-state index contributed by atoms with van der Waals surface area (Å²) in [5.41, 5.74) is 18.1. The number of azide groups is 1. The van der Waals surface area contributed by atoms with Gasteiger partial charge in [-0.2, -0.15) is 0 Å². The molecule has 0 spiro atoms. The third-order valence-corrected chi connectivity index (χ3v) is 13.2. The number of carbonyl (C=O) groups excluding carboxylic acids is 2. The Bertz CT molecular complexity index is 2750. The topological polar surface area (TPSA) is 231 Å². The number of terminal acetylenes is 1. The minimum absolute atomic E-state index is 0. The summed E-state index contributed by atoms with van der Waals surface area (Å²) in [6.07, 6.45) is 8.23. The number of benzene rings is 4. The van der Waals surface area contributed by atoms with Crippen LogP contribution in [-0.2, 0) is 32.2 Å². The van der Waals surface area contributed by atoms with Crippen molar-refractivity contribution in [1.29, 1.82) is 0 Å². The van der Waals surface area contributed by atoms with Crippen LogP contribution in [0.15, 0.2) is 108 Å². The molecule has 18 nitrogen and oxygen atoms in total. The first-order valence-corrected chi connectivity index (χ1v) is 25.3. The quantitative estimate of drug-likeness (QED) is 0.0105. The Morgan fingerprint density at radius 1 is 0.753 bits per heavy atom. The lowest BCUT2D eigenvalue weighted by molar-refractivity contribution is -0.902. The Balaban J connectivity index is 0.000000285. The van der Waals surface area contributed by atoms with Gasteiger partial charge in [0.1, 0.15) is 50.5 Å². The van der Waals surface area contributed by atoms with Crippen LogP contribution in [-0.4, -0.2) is 145 Å². The summed E-state index contributed by atoms with van der Waals surface area (Å²) in [5, 5.41) is 35.7. The van der Waals surface area contributed by atoms with E-state index in [4.69, 9.17) is 21.4 Å². The fraction of sp³-hybridized carbons (Fsp3) is 0.418. The molecule has 1 heterocycles. The summed E-state index contributed by atoms with van der Waals surface area (Å²) in [7, 11) is 5.39. The van der Waals surface area contributed by atoms with E-state index in [1.807, 2.05) is 91.1 Å². The Labute approximate surface area is 448 Å². The Hall–Kier alpha value is -7.86. The minimum atomic E-state index is -2.27. The third kappa shape index (κ3) is 18.7. The van der Waals surface area contributed by atoms with Gasteiger partial charge in [-0.3, -0.25) is 13.3 Å². The zero-order valence-corrected chi connectivity index (χ0v) is 44.2. The number of rotatable bonds is 24. The molecule has 1 aromatic heterocycles. The molecule has 0 aliphatic heterocycles. The van der Waals surface area contributed by atoms with Crippen molar-refractivity contribution >= 4 is 31.4 Å². The summed E-state index contributed by atoms with van der Waals surface area (Å²) in [6.45, 7) is 5.51. The summed E-state index contributed by atoms with van der Waals surface area (Å²) < 4.78 is 37.2. The van der Waals surface area contributed by atoms with Crippen LogP contribution in [0.3, 0.4) is 0 Å². The monoisotopic (exact) mass is 1070 g/mol. The average Bonchev–Trinajstić information content (AvgIpc) is 4.12. The molecule has 0 unspecified atom stereocenters. The molecule has 2 aliphatic carbocycles. The first-order chi connectivity index (χ1) is 36.4. The fourth-order valence-corrected chi connectivity index (χ4v) is 9.03. The van der Waals surface area contributed by atoms with Crippen LogP contribution < -0.4 is 15.3 Å². The number of alkyl carbamates (subject to hydrolysis) is 2. The molecule has 2 aliphatic rings. The molecule has 410 valence electrons. The van der Waals surface area contributed by atoms with Crippen molar-refractivity contribution in [2.24, 2.45) is 5.11 Å². The number of nitrogens with zero attached hydrogens (tertiary/aromatic N) is 8. The summed E-state index contributed by atoms with van der Waals surface area (Å²) >= 11 is 0. The number of aryl methyl sites for hydroxylation is 1. The van der Waals surface area contributed by atoms with Crippen LogP contribution in [0.2, 0.25) is 0 Å². The van der Waals surface area contributed by atoms with E-state index in [0.717, 1.165) is 74.2 Å². The van der Waals surface area contributed by atoms with Crippen LogP contribution in [0.25, 0.3) is 32.7 Å². The van der Waals surface area contributed by atoms with Crippen LogP contribution in [0, 0.1) is 12.3 Å². The first-order valence-electron chi connectivity index (χ1n) is 25.3.